The quantitative estimate of drug-likeness (QED) is 0.272. The van der Waals surface area contributed by atoms with Crippen molar-refractivity contribution in [2.24, 2.45) is 0 Å². The number of aliphatic hydroxyl groups is 4. The fourth-order valence-corrected chi connectivity index (χ4v) is 3.77. The van der Waals surface area contributed by atoms with E-state index >= 15 is 0 Å². The van der Waals surface area contributed by atoms with Gasteiger partial charge in [-0.2, -0.15) is 0 Å². The van der Waals surface area contributed by atoms with Crippen molar-refractivity contribution in [1.82, 2.24) is 0 Å². The fraction of sp³-hybridized carbons (Fsp3) is 0.348. The lowest BCUT2D eigenvalue weighted by Gasteiger charge is -2.39. The van der Waals surface area contributed by atoms with Gasteiger partial charge < -0.3 is 54.0 Å². The predicted octanol–water partition coefficient (Wildman–Crippen LogP) is 0.0671. The van der Waals surface area contributed by atoms with Crippen LogP contribution in [0.2, 0.25) is 0 Å². The maximum atomic E-state index is 13.5. The first-order chi connectivity index (χ1) is 16.7. The van der Waals surface area contributed by atoms with E-state index in [1.165, 1.54) is 44.6 Å². The first-order valence-corrected chi connectivity index (χ1v) is 10.4. The molecule has 2 heterocycles. The van der Waals surface area contributed by atoms with Crippen molar-refractivity contribution in [3.05, 3.63) is 40.6 Å². The molecule has 2 aromatic carbocycles. The average Bonchev–Trinajstić information content (AvgIpc) is 2.85. The van der Waals surface area contributed by atoms with Gasteiger partial charge in [0.1, 0.15) is 46.9 Å². The van der Waals surface area contributed by atoms with E-state index in [4.69, 9.17) is 23.4 Å². The largest absolute Gasteiger partial charge is 0.507 e. The number of rotatable bonds is 6. The predicted molar refractivity (Wildman–Crippen MR) is 119 cm³/mol. The maximum Gasteiger partial charge on any atom is 0.239 e. The van der Waals surface area contributed by atoms with Gasteiger partial charge >= 0.3 is 0 Å². The first-order valence-electron chi connectivity index (χ1n) is 10.4. The molecule has 12 nitrogen and oxygen atoms in total. The molecule has 0 amide bonds. The molecule has 12 heteroatoms. The van der Waals surface area contributed by atoms with Gasteiger partial charge in [-0.05, 0) is 18.2 Å². The van der Waals surface area contributed by atoms with Gasteiger partial charge in [0.25, 0.3) is 0 Å². The third-order valence-corrected chi connectivity index (χ3v) is 5.67. The summed E-state index contributed by atoms with van der Waals surface area (Å²) in [5.74, 6) is -1.11. The molecular formula is C23H24O12. The van der Waals surface area contributed by atoms with E-state index in [1.54, 1.807) is 0 Å². The molecule has 1 aromatic heterocycles. The van der Waals surface area contributed by atoms with Crippen LogP contribution in [0.3, 0.4) is 0 Å². The molecule has 0 bridgehead atoms. The molecule has 0 unspecified atom stereocenters. The van der Waals surface area contributed by atoms with E-state index in [2.05, 4.69) is 0 Å². The van der Waals surface area contributed by atoms with Gasteiger partial charge in [-0.1, -0.05) is 0 Å². The Morgan fingerprint density at radius 3 is 2.34 bits per heavy atom. The van der Waals surface area contributed by atoms with Crippen LogP contribution in [-0.4, -0.2) is 82.2 Å². The highest BCUT2D eigenvalue weighted by Gasteiger charge is 2.45. The zero-order valence-electron chi connectivity index (χ0n) is 18.6. The lowest BCUT2D eigenvalue weighted by molar-refractivity contribution is -0.277. The highest BCUT2D eigenvalue weighted by Crippen LogP contribution is 2.39. The zero-order valence-corrected chi connectivity index (χ0v) is 18.6. The van der Waals surface area contributed by atoms with Crippen LogP contribution in [0.1, 0.15) is 0 Å². The molecule has 0 aliphatic carbocycles. The monoisotopic (exact) mass is 492 g/mol. The van der Waals surface area contributed by atoms with Gasteiger partial charge in [-0.3, -0.25) is 4.79 Å². The normalized spacial score (nSPS) is 24.3. The molecule has 0 radical (unpaired) electrons. The van der Waals surface area contributed by atoms with Crippen molar-refractivity contribution < 1.29 is 54.0 Å². The van der Waals surface area contributed by atoms with Crippen LogP contribution < -0.4 is 19.6 Å². The van der Waals surface area contributed by atoms with Crippen LogP contribution in [0.4, 0.5) is 0 Å². The number of hydrogen-bond acceptors (Lipinski definition) is 12. The van der Waals surface area contributed by atoms with E-state index in [0.717, 1.165) is 0 Å². The number of aromatic hydroxyl groups is 2. The van der Waals surface area contributed by atoms with Crippen LogP contribution in [0, 0.1) is 0 Å². The van der Waals surface area contributed by atoms with Crippen molar-refractivity contribution in [3.63, 3.8) is 0 Å². The lowest BCUT2D eigenvalue weighted by atomic mass is 9.99. The van der Waals surface area contributed by atoms with Crippen molar-refractivity contribution in [3.8, 4) is 40.1 Å². The summed E-state index contributed by atoms with van der Waals surface area (Å²) in [5, 5.41) is 60.1. The molecule has 1 aliphatic heterocycles. The SMILES string of the molecule is COc1cc(O)c2c(=O)c(O[C@H]3O[C@H](CO)[C@H](O)[C@@H](O)[C@H]3O)c(-c3ccc(O)c(OC)c3)oc2c1. The Morgan fingerprint density at radius 2 is 1.69 bits per heavy atom. The summed E-state index contributed by atoms with van der Waals surface area (Å²) in [4.78, 5) is 13.5. The van der Waals surface area contributed by atoms with Gasteiger partial charge in [0.05, 0.1) is 20.8 Å². The van der Waals surface area contributed by atoms with E-state index in [-0.39, 0.29) is 39.5 Å². The summed E-state index contributed by atoms with van der Waals surface area (Å²) in [6.07, 6.45) is -8.20. The Morgan fingerprint density at radius 1 is 0.943 bits per heavy atom. The first kappa shape index (κ1) is 24.6. The molecule has 188 valence electrons. The topological polar surface area (TPSA) is 189 Å². The van der Waals surface area contributed by atoms with E-state index < -0.39 is 54.2 Å². The Hall–Kier alpha value is -3.55. The van der Waals surface area contributed by atoms with E-state index in [0.29, 0.717) is 0 Å². The molecule has 0 saturated carbocycles. The lowest BCUT2D eigenvalue weighted by Crippen LogP contribution is -2.60. The second-order valence-electron chi connectivity index (χ2n) is 7.81. The summed E-state index contributed by atoms with van der Waals surface area (Å²) in [5.41, 5.74) is -0.707. The summed E-state index contributed by atoms with van der Waals surface area (Å²) in [6, 6.07) is 6.62. The Balaban J connectivity index is 1.92. The molecular weight excluding hydrogens is 468 g/mol. The van der Waals surface area contributed by atoms with E-state index in [1.807, 2.05) is 0 Å². The third kappa shape index (κ3) is 4.33. The second kappa shape index (κ2) is 9.60. The standard InChI is InChI=1S/C23H24O12/c1-31-10-6-12(26)16-14(7-10)33-21(9-3-4-11(25)13(5-9)32-2)22(18(16)28)35-23-20(30)19(29)17(27)15(8-24)34-23/h3-7,15,17,19-20,23-27,29-30H,8H2,1-2H3/t15-,17+,19-,20-,23-/m1/s1. The van der Waals surface area contributed by atoms with Crippen molar-refractivity contribution in [2.75, 3.05) is 20.8 Å². The highest BCUT2D eigenvalue weighted by atomic mass is 16.7. The van der Waals surface area contributed by atoms with Crippen LogP contribution in [0.25, 0.3) is 22.3 Å². The summed E-state index contributed by atoms with van der Waals surface area (Å²) in [6.45, 7) is -0.709. The summed E-state index contributed by atoms with van der Waals surface area (Å²) < 4.78 is 27.2. The number of methoxy groups -OCH3 is 2. The maximum absolute atomic E-state index is 13.5. The van der Waals surface area contributed by atoms with Gasteiger partial charge in [0, 0.05) is 17.7 Å². The third-order valence-electron chi connectivity index (χ3n) is 5.67. The molecule has 5 atom stereocenters. The van der Waals surface area contributed by atoms with Crippen LogP contribution in [0.5, 0.6) is 28.7 Å². The number of benzene rings is 2. The summed E-state index contributed by atoms with van der Waals surface area (Å²) >= 11 is 0. The van der Waals surface area contributed by atoms with Gasteiger partial charge in [-0.25, -0.2) is 0 Å². The number of aliphatic hydroxyl groups excluding tert-OH is 4. The minimum absolute atomic E-state index is 0.0533. The summed E-state index contributed by atoms with van der Waals surface area (Å²) in [7, 11) is 2.69. The average molecular weight is 492 g/mol. The minimum Gasteiger partial charge on any atom is -0.507 e. The molecule has 3 aromatic rings. The molecule has 1 aliphatic rings. The number of ether oxygens (including phenoxy) is 4. The number of hydrogen-bond donors (Lipinski definition) is 6. The minimum atomic E-state index is -1.81. The van der Waals surface area contributed by atoms with Gasteiger partial charge in [-0.15, -0.1) is 0 Å². The van der Waals surface area contributed by atoms with Crippen LogP contribution in [0.15, 0.2) is 39.5 Å². The van der Waals surface area contributed by atoms with Crippen LogP contribution >= 0.6 is 0 Å². The van der Waals surface area contributed by atoms with Gasteiger partial charge in [0.15, 0.2) is 17.3 Å². The number of phenolic OH excluding ortho intramolecular Hbond substituents is 2. The molecule has 35 heavy (non-hydrogen) atoms. The highest BCUT2D eigenvalue weighted by molar-refractivity contribution is 5.88. The number of fused-ring (bicyclic) bond motifs is 1. The second-order valence-corrected chi connectivity index (χ2v) is 7.81. The van der Waals surface area contributed by atoms with E-state index in [9.17, 15) is 35.4 Å². The molecule has 0 spiro atoms. The molecule has 4 rings (SSSR count). The van der Waals surface area contributed by atoms with Crippen LogP contribution in [-0.2, 0) is 4.74 Å². The zero-order chi connectivity index (χ0) is 25.4. The molecule has 1 saturated heterocycles. The van der Waals surface area contributed by atoms with Gasteiger partial charge in [0.2, 0.25) is 17.5 Å². The Labute approximate surface area is 197 Å². The molecule has 1 fully saturated rings. The van der Waals surface area contributed by atoms with Crippen molar-refractivity contribution >= 4 is 11.0 Å². The van der Waals surface area contributed by atoms with Crippen molar-refractivity contribution in [2.45, 2.75) is 30.7 Å². The Bertz CT molecular complexity index is 1280. The fourth-order valence-electron chi connectivity index (χ4n) is 3.77. The molecule has 6 N–H and O–H groups in total. The Kier molecular flexibility index (Phi) is 6.74. The smallest absolute Gasteiger partial charge is 0.239 e. The van der Waals surface area contributed by atoms with Crippen molar-refractivity contribution in [1.29, 1.82) is 0 Å². The number of phenols is 2.